The number of aliphatic imine (C=N–C) groups is 1. The first-order chi connectivity index (χ1) is 14.7. The van der Waals surface area contributed by atoms with Crippen molar-refractivity contribution >= 4 is 34.3 Å². The first kappa shape index (κ1) is 22.2. The third-order valence-electron chi connectivity index (χ3n) is 5.09. The van der Waals surface area contributed by atoms with Gasteiger partial charge in [0.1, 0.15) is 39.3 Å². The highest BCUT2D eigenvalue weighted by Crippen LogP contribution is 2.38. The molecule has 0 radical (unpaired) electrons. The largest absolute Gasteiger partial charge is 0.507 e. The molecule has 0 saturated heterocycles. The van der Waals surface area contributed by atoms with Gasteiger partial charge in [-0.3, -0.25) is 4.99 Å². The fraction of sp³-hybridized carbons (Fsp3) is 0.364. The van der Waals surface area contributed by atoms with Crippen molar-refractivity contribution in [1.82, 2.24) is 14.9 Å². The highest BCUT2D eigenvalue weighted by Gasteiger charge is 2.21. The SMILES string of the molecule is Cc1c(O)c(/C=N/CCCCCN(C)C)c2nc3c(O)ccc(C(=O)O)c3nc2c1O. The van der Waals surface area contributed by atoms with Crippen LogP contribution in [0.25, 0.3) is 22.1 Å². The van der Waals surface area contributed by atoms with Crippen LogP contribution in [0, 0.1) is 6.92 Å². The molecule has 0 aliphatic rings. The summed E-state index contributed by atoms with van der Waals surface area (Å²) in [6, 6.07) is 2.45. The zero-order chi connectivity index (χ0) is 22.7. The van der Waals surface area contributed by atoms with E-state index in [4.69, 9.17) is 0 Å². The fourth-order valence-electron chi connectivity index (χ4n) is 3.34. The van der Waals surface area contributed by atoms with Crippen molar-refractivity contribution in [2.75, 3.05) is 27.2 Å². The maximum absolute atomic E-state index is 11.5. The van der Waals surface area contributed by atoms with E-state index >= 15 is 0 Å². The van der Waals surface area contributed by atoms with E-state index < -0.39 is 5.97 Å². The lowest BCUT2D eigenvalue weighted by atomic mass is 10.0. The molecule has 2 aromatic carbocycles. The van der Waals surface area contributed by atoms with Crippen LogP contribution in [0.4, 0.5) is 0 Å². The molecule has 164 valence electrons. The molecule has 0 saturated carbocycles. The van der Waals surface area contributed by atoms with Gasteiger partial charge in [0.05, 0.1) is 11.1 Å². The zero-order valence-corrected chi connectivity index (χ0v) is 17.8. The zero-order valence-electron chi connectivity index (χ0n) is 17.8. The third-order valence-corrected chi connectivity index (χ3v) is 5.09. The average molecular weight is 426 g/mol. The lowest BCUT2D eigenvalue weighted by Crippen LogP contribution is -2.12. The summed E-state index contributed by atoms with van der Waals surface area (Å²) in [6.45, 7) is 3.09. The Labute approximate surface area is 179 Å². The second kappa shape index (κ2) is 9.13. The molecular formula is C22H26N4O5. The molecule has 0 atom stereocenters. The molecule has 9 heteroatoms. The summed E-state index contributed by atoms with van der Waals surface area (Å²) < 4.78 is 0. The number of phenols is 3. The van der Waals surface area contributed by atoms with E-state index in [1.807, 2.05) is 14.1 Å². The Hall–Kier alpha value is -3.46. The van der Waals surface area contributed by atoms with Gasteiger partial charge in [0, 0.05) is 18.3 Å². The van der Waals surface area contributed by atoms with Crippen molar-refractivity contribution in [2.24, 2.45) is 4.99 Å². The molecule has 0 aliphatic heterocycles. The van der Waals surface area contributed by atoms with E-state index in [1.165, 1.54) is 25.3 Å². The summed E-state index contributed by atoms with van der Waals surface area (Å²) in [5.41, 5.74) is 0.363. The van der Waals surface area contributed by atoms with Crippen molar-refractivity contribution in [3.05, 3.63) is 28.8 Å². The van der Waals surface area contributed by atoms with Crippen molar-refractivity contribution in [1.29, 1.82) is 0 Å². The quantitative estimate of drug-likeness (QED) is 0.245. The van der Waals surface area contributed by atoms with Crippen LogP contribution in [-0.2, 0) is 0 Å². The molecule has 0 bridgehead atoms. The number of hydrogen-bond acceptors (Lipinski definition) is 8. The van der Waals surface area contributed by atoms with Gasteiger partial charge >= 0.3 is 5.97 Å². The van der Waals surface area contributed by atoms with Gasteiger partial charge < -0.3 is 25.3 Å². The minimum absolute atomic E-state index is 0.0309. The average Bonchev–Trinajstić information content (AvgIpc) is 2.72. The Morgan fingerprint density at radius 3 is 2.39 bits per heavy atom. The highest BCUT2D eigenvalue weighted by molar-refractivity contribution is 6.08. The summed E-state index contributed by atoms with van der Waals surface area (Å²) in [7, 11) is 4.06. The number of aromatic carboxylic acids is 1. The topological polar surface area (TPSA) is 139 Å². The maximum Gasteiger partial charge on any atom is 0.337 e. The Bertz CT molecular complexity index is 1170. The number of carboxylic acid groups (broad SMARTS) is 1. The van der Waals surface area contributed by atoms with Gasteiger partial charge in [-0.2, -0.15) is 0 Å². The highest BCUT2D eigenvalue weighted by atomic mass is 16.4. The number of fused-ring (bicyclic) bond motifs is 2. The molecule has 3 aromatic rings. The molecule has 0 fully saturated rings. The number of rotatable bonds is 8. The second-order valence-electron chi connectivity index (χ2n) is 7.69. The van der Waals surface area contributed by atoms with E-state index in [1.54, 1.807) is 0 Å². The molecule has 0 spiro atoms. The standard InChI is InChI=1S/C22H26N4O5/c1-12-20(28)14(11-23-9-5-4-6-10-26(2)3)17-19(21(12)29)25-16-13(22(30)31)7-8-15(27)18(16)24-17/h7-8,11,27-29H,4-6,9-10H2,1-3H3,(H,30,31)/b23-11+. The van der Waals surface area contributed by atoms with Gasteiger partial charge in [0.2, 0.25) is 0 Å². The van der Waals surface area contributed by atoms with Crippen molar-refractivity contribution in [2.45, 2.75) is 26.2 Å². The predicted molar refractivity (Wildman–Crippen MR) is 119 cm³/mol. The van der Waals surface area contributed by atoms with Gasteiger partial charge in [-0.1, -0.05) is 6.42 Å². The molecule has 9 nitrogen and oxygen atoms in total. The minimum atomic E-state index is -1.23. The van der Waals surface area contributed by atoms with Crippen LogP contribution < -0.4 is 0 Å². The third kappa shape index (κ3) is 4.51. The van der Waals surface area contributed by atoms with Gasteiger partial charge in [-0.05, 0) is 52.5 Å². The van der Waals surface area contributed by atoms with Crippen LogP contribution in [0.5, 0.6) is 17.2 Å². The first-order valence-electron chi connectivity index (χ1n) is 9.98. The Morgan fingerprint density at radius 1 is 1.00 bits per heavy atom. The Morgan fingerprint density at radius 2 is 1.71 bits per heavy atom. The lowest BCUT2D eigenvalue weighted by molar-refractivity contribution is 0.0699. The number of carbonyl (C=O) groups is 1. The fourth-order valence-corrected chi connectivity index (χ4v) is 3.34. The van der Waals surface area contributed by atoms with Crippen LogP contribution in [0.1, 0.15) is 40.7 Å². The summed E-state index contributed by atoms with van der Waals surface area (Å²) in [6.07, 6.45) is 4.46. The number of aromatic hydroxyl groups is 3. The smallest absolute Gasteiger partial charge is 0.337 e. The summed E-state index contributed by atoms with van der Waals surface area (Å²) >= 11 is 0. The summed E-state index contributed by atoms with van der Waals surface area (Å²) in [4.78, 5) is 26.7. The van der Waals surface area contributed by atoms with E-state index in [0.717, 1.165) is 25.8 Å². The number of phenolic OH excluding ortho intramolecular Hbond substituents is 3. The van der Waals surface area contributed by atoms with Crippen LogP contribution in [0.15, 0.2) is 17.1 Å². The van der Waals surface area contributed by atoms with E-state index in [-0.39, 0.29) is 56.0 Å². The number of carboxylic acids is 1. The van der Waals surface area contributed by atoms with Crippen molar-refractivity contribution in [3.63, 3.8) is 0 Å². The van der Waals surface area contributed by atoms with Crippen LogP contribution in [-0.4, -0.2) is 74.7 Å². The second-order valence-corrected chi connectivity index (χ2v) is 7.69. The van der Waals surface area contributed by atoms with Crippen LogP contribution >= 0.6 is 0 Å². The van der Waals surface area contributed by atoms with Gasteiger partial charge in [0.15, 0.2) is 0 Å². The summed E-state index contributed by atoms with van der Waals surface area (Å²) in [5.74, 6) is -1.98. The summed E-state index contributed by atoms with van der Waals surface area (Å²) in [5, 5.41) is 40.7. The maximum atomic E-state index is 11.5. The molecule has 1 aromatic heterocycles. The van der Waals surface area contributed by atoms with Crippen LogP contribution in [0.3, 0.4) is 0 Å². The van der Waals surface area contributed by atoms with Crippen molar-refractivity contribution < 1.29 is 25.2 Å². The number of nitrogens with zero attached hydrogens (tertiary/aromatic N) is 4. The first-order valence-corrected chi connectivity index (χ1v) is 9.98. The molecule has 31 heavy (non-hydrogen) atoms. The lowest BCUT2D eigenvalue weighted by Gasteiger charge is -2.12. The number of unbranched alkanes of at least 4 members (excludes halogenated alkanes) is 2. The van der Waals surface area contributed by atoms with Gasteiger partial charge in [-0.15, -0.1) is 0 Å². The monoisotopic (exact) mass is 426 g/mol. The molecule has 0 aliphatic carbocycles. The number of aromatic nitrogens is 2. The van der Waals surface area contributed by atoms with Crippen LogP contribution in [0.2, 0.25) is 0 Å². The van der Waals surface area contributed by atoms with E-state index in [0.29, 0.717) is 6.54 Å². The molecule has 0 amide bonds. The van der Waals surface area contributed by atoms with Crippen molar-refractivity contribution in [3.8, 4) is 17.2 Å². The molecule has 3 rings (SSSR count). The Balaban J connectivity index is 2.05. The molecule has 0 unspecified atom stereocenters. The number of benzene rings is 2. The molecule has 4 N–H and O–H groups in total. The van der Waals surface area contributed by atoms with E-state index in [2.05, 4.69) is 19.9 Å². The van der Waals surface area contributed by atoms with Gasteiger partial charge in [0.25, 0.3) is 0 Å². The Kier molecular flexibility index (Phi) is 6.55. The molecular weight excluding hydrogens is 400 g/mol. The van der Waals surface area contributed by atoms with Gasteiger partial charge in [-0.25, -0.2) is 14.8 Å². The number of hydrogen-bond donors (Lipinski definition) is 4. The predicted octanol–water partition coefficient (Wildman–Crippen LogP) is 3.06. The normalized spacial score (nSPS) is 11.9. The molecule has 1 heterocycles. The minimum Gasteiger partial charge on any atom is -0.507 e. The van der Waals surface area contributed by atoms with E-state index in [9.17, 15) is 25.2 Å².